The number of nitrogens with zero attached hydrogens (tertiary/aromatic N) is 1. The van der Waals surface area contributed by atoms with E-state index < -0.39 is 0 Å². The molecule has 0 aliphatic rings. The minimum absolute atomic E-state index is 0. The Labute approximate surface area is 148 Å². The fraction of sp³-hybridized carbons (Fsp3) is 0.533. The van der Waals surface area contributed by atoms with E-state index >= 15 is 0 Å². The zero-order chi connectivity index (χ0) is 15.0. The van der Waals surface area contributed by atoms with Crippen LogP contribution in [0.5, 0.6) is 0 Å². The molecule has 6 heteroatoms. The molecule has 0 saturated carbocycles. The summed E-state index contributed by atoms with van der Waals surface area (Å²) in [6, 6.07) is 4.93. The number of benzene rings is 1. The largest absolute Gasteiger partial charge is 0.356 e. The second-order valence-corrected chi connectivity index (χ2v) is 6.02. The van der Waals surface area contributed by atoms with Crippen molar-refractivity contribution in [1.29, 1.82) is 0 Å². The smallest absolute Gasteiger partial charge is 0.191 e. The molecule has 1 atom stereocenters. The molecule has 0 radical (unpaired) electrons. The predicted molar refractivity (Wildman–Crippen MR) is 103 cm³/mol. The second kappa shape index (κ2) is 11.1. The van der Waals surface area contributed by atoms with Gasteiger partial charge in [0.2, 0.25) is 0 Å². The molecule has 1 aromatic carbocycles. The van der Waals surface area contributed by atoms with Gasteiger partial charge in [-0.25, -0.2) is 4.39 Å². The Kier molecular flexibility index (Phi) is 10.9. The Bertz CT molecular complexity index is 455. The van der Waals surface area contributed by atoms with Crippen LogP contribution in [-0.2, 0) is 6.42 Å². The molecule has 0 aromatic heterocycles. The molecule has 0 amide bonds. The van der Waals surface area contributed by atoms with Crippen LogP contribution in [0.2, 0.25) is 0 Å². The molecule has 1 rings (SSSR count). The van der Waals surface area contributed by atoms with Crippen LogP contribution in [0.1, 0.15) is 18.1 Å². The van der Waals surface area contributed by atoms with E-state index in [1.54, 1.807) is 13.1 Å². The lowest BCUT2D eigenvalue weighted by Crippen LogP contribution is -2.40. The summed E-state index contributed by atoms with van der Waals surface area (Å²) in [7, 11) is 1.77. The fourth-order valence-corrected chi connectivity index (χ4v) is 2.05. The van der Waals surface area contributed by atoms with E-state index in [-0.39, 0.29) is 29.8 Å². The van der Waals surface area contributed by atoms with Crippen molar-refractivity contribution in [1.82, 2.24) is 10.6 Å². The molecule has 0 spiro atoms. The van der Waals surface area contributed by atoms with E-state index in [4.69, 9.17) is 0 Å². The van der Waals surface area contributed by atoms with Crippen LogP contribution in [0, 0.1) is 12.7 Å². The molecule has 1 unspecified atom stereocenters. The highest BCUT2D eigenvalue weighted by Crippen LogP contribution is 2.10. The lowest BCUT2D eigenvalue weighted by molar-refractivity contribution is 0.625. The first kappa shape index (κ1) is 20.5. The van der Waals surface area contributed by atoms with Crippen molar-refractivity contribution < 1.29 is 4.39 Å². The molecule has 0 fully saturated rings. The number of rotatable bonds is 6. The van der Waals surface area contributed by atoms with Crippen molar-refractivity contribution >= 4 is 41.7 Å². The van der Waals surface area contributed by atoms with Gasteiger partial charge in [0.1, 0.15) is 5.82 Å². The maximum Gasteiger partial charge on any atom is 0.191 e. The lowest BCUT2D eigenvalue weighted by Gasteiger charge is -2.15. The van der Waals surface area contributed by atoms with Gasteiger partial charge in [-0.3, -0.25) is 4.99 Å². The lowest BCUT2D eigenvalue weighted by atomic mass is 10.1. The topological polar surface area (TPSA) is 36.4 Å². The highest BCUT2D eigenvalue weighted by Gasteiger charge is 2.03. The number of halogens is 2. The van der Waals surface area contributed by atoms with Gasteiger partial charge in [-0.05, 0) is 42.9 Å². The Morgan fingerprint density at radius 1 is 1.38 bits per heavy atom. The standard InChI is InChI=1S/C15H24FN3S.HI/c1-11-9-14(16)6-5-13(11)7-8-18-15(17-3)19-10-12(2)20-4;/h5-6,9,12H,7-8,10H2,1-4H3,(H2,17,18,19);1H. The van der Waals surface area contributed by atoms with E-state index in [1.165, 1.54) is 6.07 Å². The van der Waals surface area contributed by atoms with Crippen LogP contribution in [0.4, 0.5) is 4.39 Å². The molecule has 0 saturated heterocycles. The number of aliphatic imine (C=N–C) groups is 1. The number of nitrogens with one attached hydrogen (secondary N) is 2. The van der Waals surface area contributed by atoms with Crippen LogP contribution in [-0.4, -0.2) is 37.6 Å². The average molecular weight is 425 g/mol. The SMILES string of the molecule is CN=C(NCCc1ccc(F)cc1C)NCC(C)SC.I. The van der Waals surface area contributed by atoms with Gasteiger partial charge in [-0.15, -0.1) is 24.0 Å². The van der Waals surface area contributed by atoms with Crippen molar-refractivity contribution in [2.75, 3.05) is 26.4 Å². The van der Waals surface area contributed by atoms with Crippen molar-refractivity contribution in [3.05, 3.63) is 35.1 Å². The molecule has 0 aliphatic heterocycles. The molecular formula is C15H25FIN3S. The number of hydrogen-bond acceptors (Lipinski definition) is 2. The molecule has 0 aliphatic carbocycles. The van der Waals surface area contributed by atoms with Crippen LogP contribution >= 0.6 is 35.7 Å². The third-order valence-corrected chi connectivity index (χ3v) is 4.15. The van der Waals surface area contributed by atoms with Gasteiger partial charge in [-0.2, -0.15) is 11.8 Å². The molecule has 1 aromatic rings. The van der Waals surface area contributed by atoms with Gasteiger partial charge >= 0.3 is 0 Å². The van der Waals surface area contributed by atoms with E-state index in [0.29, 0.717) is 5.25 Å². The third kappa shape index (κ3) is 7.90. The minimum atomic E-state index is -0.178. The summed E-state index contributed by atoms with van der Waals surface area (Å²) in [5.41, 5.74) is 2.15. The normalized spacial score (nSPS) is 12.5. The Morgan fingerprint density at radius 3 is 2.67 bits per heavy atom. The third-order valence-electron chi connectivity index (χ3n) is 3.17. The van der Waals surface area contributed by atoms with Crippen LogP contribution < -0.4 is 10.6 Å². The van der Waals surface area contributed by atoms with Crippen molar-refractivity contribution in [2.45, 2.75) is 25.5 Å². The first-order valence-electron chi connectivity index (χ1n) is 6.79. The second-order valence-electron chi connectivity index (χ2n) is 4.75. The Hall–Kier alpha value is -0.500. The number of aryl methyl sites for hydroxylation is 1. The van der Waals surface area contributed by atoms with Gasteiger partial charge in [0, 0.05) is 25.4 Å². The zero-order valence-electron chi connectivity index (χ0n) is 13.1. The van der Waals surface area contributed by atoms with Gasteiger partial charge in [0.15, 0.2) is 5.96 Å². The Balaban J connectivity index is 0.00000400. The molecular weight excluding hydrogens is 400 g/mol. The molecule has 0 bridgehead atoms. The number of thioether (sulfide) groups is 1. The van der Waals surface area contributed by atoms with E-state index in [9.17, 15) is 4.39 Å². The van der Waals surface area contributed by atoms with Crippen LogP contribution in [0.25, 0.3) is 0 Å². The first-order chi connectivity index (χ1) is 9.56. The van der Waals surface area contributed by atoms with Gasteiger partial charge in [0.25, 0.3) is 0 Å². The monoisotopic (exact) mass is 425 g/mol. The summed E-state index contributed by atoms with van der Waals surface area (Å²) < 4.78 is 13.0. The quantitative estimate of drug-likeness (QED) is 0.418. The van der Waals surface area contributed by atoms with E-state index in [1.807, 2.05) is 24.8 Å². The van der Waals surface area contributed by atoms with Crippen LogP contribution in [0.15, 0.2) is 23.2 Å². The van der Waals surface area contributed by atoms with Crippen molar-refractivity contribution in [3.8, 4) is 0 Å². The average Bonchev–Trinajstić information content (AvgIpc) is 2.44. The van der Waals surface area contributed by atoms with Gasteiger partial charge in [-0.1, -0.05) is 13.0 Å². The van der Waals surface area contributed by atoms with Gasteiger partial charge < -0.3 is 10.6 Å². The highest BCUT2D eigenvalue weighted by atomic mass is 127. The summed E-state index contributed by atoms with van der Waals surface area (Å²) in [5, 5.41) is 7.11. The molecule has 0 heterocycles. The Morgan fingerprint density at radius 2 is 2.10 bits per heavy atom. The van der Waals surface area contributed by atoms with Crippen LogP contribution in [0.3, 0.4) is 0 Å². The summed E-state index contributed by atoms with van der Waals surface area (Å²) in [5.74, 6) is 0.633. The predicted octanol–water partition coefficient (Wildman–Crippen LogP) is 3.21. The minimum Gasteiger partial charge on any atom is -0.356 e. The summed E-state index contributed by atoms with van der Waals surface area (Å²) in [6.07, 6.45) is 2.95. The zero-order valence-corrected chi connectivity index (χ0v) is 16.2. The fourth-order valence-electron chi connectivity index (χ4n) is 1.80. The first-order valence-corrected chi connectivity index (χ1v) is 8.08. The highest BCUT2D eigenvalue weighted by molar-refractivity contribution is 14.0. The van der Waals surface area contributed by atoms with E-state index in [2.05, 4.69) is 28.8 Å². The van der Waals surface area contributed by atoms with Crippen molar-refractivity contribution in [3.63, 3.8) is 0 Å². The maximum atomic E-state index is 13.0. The summed E-state index contributed by atoms with van der Waals surface area (Å²) >= 11 is 1.82. The molecule has 3 nitrogen and oxygen atoms in total. The van der Waals surface area contributed by atoms with Crippen molar-refractivity contribution in [2.24, 2.45) is 4.99 Å². The van der Waals surface area contributed by atoms with Gasteiger partial charge in [0.05, 0.1) is 0 Å². The summed E-state index contributed by atoms with van der Waals surface area (Å²) in [6.45, 7) is 5.77. The molecule has 120 valence electrons. The maximum absolute atomic E-state index is 13.0. The number of guanidine groups is 1. The van der Waals surface area contributed by atoms with E-state index in [0.717, 1.165) is 36.6 Å². The number of hydrogen-bond donors (Lipinski definition) is 2. The summed E-state index contributed by atoms with van der Waals surface area (Å²) in [4.78, 5) is 4.19. The molecule has 2 N–H and O–H groups in total. The molecule has 21 heavy (non-hydrogen) atoms.